The van der Waals surface area contributed by atoms with Crippen LogP contribution in [0.2, 0.25) is 0 Å². The lowest BCUT2D eigenvalue weighted by molar-refractivity contribution is 0.0463. The highest BCUT2D eigenvalue weighted by atomic mass is 32.1. The van der Waals surface area contributed by atoms with Crippen molar-refractivity contribution in [3.8, 4) is 28.6 Å². The van der Waals surface area contributed by atoms with Crippen LogP contribution in [0.1, 0.15) is 5.56 Å². The summed E-state index contributed by atoms with van der Waals surface area (Å²) in [5, 5.41) is 7.26. The number of ether oxygens (including phenoxy) is 4. The van der Waals surface area contributed by atoms with E-state index in [1.54, 1.807) is 20.3 Å². The van der Waals surface area contributed by atoms with Gasteiger partial charge in [0.2, 0.25) is 0 Å². The Morgan fingerprint density at radius 3 is 2.41 bits per heavy atom. The molecule has 0 fully saturated rings. The molecule has 1 N–H and O–H groups in total. The second-order valence-corrected chi connectivity index (χ2v) is 6.17. The normalized spacial score (nSPS) is 10.8. The molecule has 0 bridgehead atoms. The van der Waals surface area contributed by atoms with Crippen LogP contribution in [0.3, 0.4) is 0 Å². The Kier molecular flexibility index (Phi) is 6.23. The van der Waals surface area contributed by atoms with E-state index in [0.29, 0.717) is 22.1 Å². The zero-order valence-corrected chi connectivity index (χ0v) is 16.2. The number of nitrogens with zero attached hydrogens (tertiary/aromatic N) is 2. The Bertz CT molecular complexity index is 950. The van der Waals surface area contributed by atoms with Gasteiger partial charge in [0, 0.05) is 26.0 Å². The molecule has 142 valence electrons. The summed E-state index contributed by atoms with van der Waals surface area (Å²) in [5.74, 6) is 1.81. The molecule has 27 heavy (non-hydrogen) atoms. The summed E-state index contributed by atoms with van der Waals surface area (Å²) >= 11 is 5.44. The second-order valence-electron chi connectivity index (χ2n) is 5.78. The Hall–Kier alpha value is -2.68. The van der Waals surface area contributed by atoms with Gasteiger partial charge in [-0.05, 0) is 43.4 Å². The number of aryl methyl sites for hydroxylation is 1. The Morgan fingerprint density at radius 1 is 1.00 bits per heavy atom. The number of hydrogen-bond donors (Lipinski definition) is 1. The highest BCUT2D eigenvalue weighted by molar-refractivity contribution is 7.71. The fraction of sp³-hybridized carbons (Fsp3) is 0.263. The van der Waals surface area contributed by atoms with E-state index >= 15 is 0 Å². The molecule has 0 aliphatic carbocycles. The molecule has 0 unspecified atom stereocenters. The number of aromatic nitrogens is 3. The number of aromatic amines is 1. The average Bonchev–Trinajstić information content (AvgIpc) is 3.06. The molecule has 0 saturated carbocycles. The number of hydrogen-bond acceptors (Lipinski definition) is 6. The summed E-state index contributed by atoms with van der Waals surface area (Å²) in [4.78, 5) is 0. The highest BCUT2D eigenvalue weighted by Crippen LogP contribution is 2.34. The molecule has 3 aromatic rings. The maximum Gasteiger partial charge on any atom is 0.200 e. The molecule has 0 atom stereocenters. The standard InChI is InChI=1S/C19H21N3O4S/c1-13-4-6-14(7-5-13)22-18(20-21-19(22)27)16-9-8-15(25-11-23-2)10-17(16)26-12-24-3/h4-10H,11-12H2,1-3H3,(H,21,27). The van der Waals surface area contributed by atoms with Crippen LogP contribution in [0.5, 0.6) is 11.5 Å². The van der Waals surface area contributed by atoms with E-state index in [2.05, 4.69) is 10.2 Å². The third-order valence-electron chi connectivity index (χ3n) is 3.83. The maximum absolute atomic E-state index is 5.74. The van der Waals surface area contributed by atoms with Crippen LogP contribution in [0.15, 0.2) is 42.5 Å². The minimum atomic E-state index is 0.0937. The molecular formula is C19H21N3O4S. The van der Waals surface area contributed by atoms with E-state index in [4.69, 9.17) is 31.2 Å². The minimum Gasteiger partial charge on any atom is -0.467 e. The van der Waals surface area contributed by atoms with E-state index in [9.17, 15) is 0 Å². The molecule has 2 aromatic carbocycles. The van der Waals surface area contributed by atoms with Gasteiger partial charge in [-0.2, -0.15) is 5.10 Å². The van der Waals surface area contributed by atoms with Gasteiger partial charge >= 0.3 is 0 Å². The Balaban J connectivity index is 2.07. The second kappa shape index (κ2) is 8.81. The zero-order chi connectivity index (χ0) is 19.2. The number of benzene rings is 2. The van der Waals surface area contributed by atoms with Crippen LogP contribution in [0.25, 0.3) is 17.1 Å². The first-order valence-corrected chi connectivity index (χ1v) is 8.67. The van der Waals surface area contributed by atoms with Gasteiger partial charge in [-0.1, -0.05) is 17.7 Å². The molecule has 7 nitrogen and oxygen atoms in total. The number of methoxy groups -OCH3 is 2. The van der Waals surface area contributed by atoms with Gasteiger partial charge in [-0.3, -0.25) is 9.67 Å². The largest absolute Gasteiger partial charge is 0.467 e. The summed E-state index contributed by atoms with van der Waals surface area (Å²) in [7, 11) is 3.13. The average molecular weight is 387 g/mol. The summed E-state index contributed by atoms with van der Waals surface area (Å²) in [6.45, 7) is 2.27. The maximum atomic E-state index is 5.74. The molecular weight excluding hydrogens is 366 g/mol. The number of rotatable bonds is 8. The first-order chi connectivity index (χ1) is 13.1. The van der Waals surface area contributed by atoms with Gasteiger partial charge in [0.25, 0.3) is 0 Å². The van der Waals surface area contributed by atoms with Crippen LogP contribution in [0.4, 0.5) is 0 Å². The molecule has 1 aromatic heterocycles. The molecule has 0 radical (unpaired) electrons. The molecule has 1 heterocycles. The quantitative estimate of drug-likeness (QED) is 0.467. The molecule has 0 aliphatic heterocycles. The van der Waals surface area contributed by atoms with E-state index in [-0.39, 0.29) is 13.6 Å². The predicted octanol–water partition coefficient (Wildman–Crippen LogP) is 3.87. The van der Waals surface area contributed by atoms with Crippen molar-refractivity contribution in [3.05, 3.63) is 52.8 Å². The van der Waals surface area contributed by atoms with Gasteiger partial charge in [0.15, 0.2) is 24.2 Å². The lowest BCUT2D eigenvalue weighted by Crippen LogP contribution is -2.04. The SMILES string of the molecule is COCOc1ccc(-c2n[nH]c(=S)n2-c2ccc(C)cc2)c(OCOC)c1. The van der Waals surface area contributed by atoms with Crippen molar-refractivity contribution in [2.75, 3.05) is 27.8 Å². The van der Waals surface area contributed by atoms with Crippen LogP contribution in [-0.2, 0) is 9.47 Å². The lowest BCUT2D eigenvalue weighted by atomic mass is 10.1. The predicted molar refractivity (Wildman–Crippen MR) is 104 cm³/mol. The van der Waals surface area contributed by atoms with Crippen molar-refractivity contribution >= 4 is 12.2 Å². The van der Waals surface area contributed by atoms with Gasteiger partial charge in [0.05, 0.1) is 5.56 Å². The van der Waals surface area contributed by atoms with E-state index in [0.717, 1.165) is 11.3 Å². The molecule has 0 spiro atoms. The molecule has 3 rings (SSSR count). The zero-order valence-electron chi connectivity index (χ0n) is 15.4. The van der Waals surface area contributed by atoms with Crippen molar-refractivity contribution in [3.63, 3.8) is 0 Å². The van der Waals surface area contributed by atoms with Crippen LogP contribution >= 0.6 is 12.2 Å². The van der Waals surface area contributed by atoms with Gasteiger partial charge in [-0.15, -0.1) is 0 Å². The Morgan fingerprint density at radius 2 is 1.70 bits per heavy atom. The fourth-order valence-corrected chi connectivity index (χ4v) is 2.79. The molecule has 0 amide bonds. The van der Waals surface area contributed by atoms with E-state index in [1.165, 1.54) is 5.56 Å². The topological polar surface area (TPSA) is 70.5 Å². The van der Waals surface area contributed by atoms with Crippen LogP contribution < -0.4 is 9.47 Å². The summed E-state index contributed by atoms with van der Waals surface area (Å²) in [5.41, 5.74) is 2.83. The molecule has 0 saturated heterocycles. The first-order valence-electron chi connectivity index (χ1n) is 8.26. The number of nitrogens with one attached hydrogen (secondary N) is 1. The molecule has 8 heteroatoms. The molecule has 0 aliphatic rings. The minimum absolute atomic E-state index is 0.0937. The van der Waals surface area contributed by atoms with Crippen molar-refractivity contribution in [2.24, 2.45) is 0 Å². The van der Waals surface area contributed by atoms with E-state index in [1.807, 2.05) is 47.9 Å². The fourth-order valence-electron chi connectivity index (χ4n) is 2.56. The third-order valence-corrected chi connectivity index (χ3v) is 4.11. The summed E-state index contributed by atoms with van der Waals surface area (Å²) in [6, 6.07) is 13.5. The van der Waals surface area contributed by atoms with Crippen molar-refractivity contribution < 1.29 is 18.9 Å². The Labute approximate surface area is 162 Å². The van der Waals surface area contributed by atoms with Gasteiger partial charge in [0.1, 0.15) is 11.5 Å². The van der Waals surface area contributed by atoms with Gasteiger partial charge in [-0.25, -0.2) is 0 Å². The lowest BCUT2D eigenvalue weighted by Gasteiger charge is -2.14. The summed E-state index contributed by atoms with van der Waals surface area (Å²) in [6.07, 6.45) is 0. The summed E-state index contributed by atoms with van der Waals surface area (Å²) < 4.78 is 23.6. The highest BCUT2D eigenvalue weighted by Gasteiger charge is 2.16. The van der Waals surface area contributed by atoms with Crippen molar-refractivity contribution in [1.82, 2.24) is 14.8 Å². The van der Waals surface area contributed by atoms with Crippen LogP contribution in [-0.4, -0.2) is 42.6 Å². The smallest absolute Gasteiger partial charge is 0.200 e. The van der Waals surface area contributed by atoms with Crippen molar-refractivity contribution in [1.29, 1.82) is 0 Å². The number of H-pyrrole nitrogens is 1. The van der Waals surface area contributed by atoms with Crippen molar-refractivity contribution in [2.45, 2.75) is 6.92 Å². The van der Waals surface area contributed by atoms with Crippen LogP contribution in [0, 0.1) is 11.7 Å². The third kappa shape index (κ3) is 4.36. The van der Waals surface area contributed by atoms with Gasteiger partial charge < -0.3 is 18.9 Å². The monoisotopic (exact) mass is 387 g/mol. The first kappa shape index (κ1) is 19.1. The van der Waals surface area contributed by atoms with E-state index < -0.39 is 0 Å².